The second kappa shape index (κ2) is 11.3. The molecule has 2 aromatic carbocycles. The highest BCUT2D eigenvalue weighted by molar-refractivity contribution is 5.94. The summed E-state index contributed by atoms with van der Waals surface area (Å²) in [7, 11) is 2.05. The zero-order chi connectivity index (χ0) is 27.6. The molecule has 2 fully saturated rings. The zero-order valence-electron chi connectivity index (χ0n) is 22.3. The van der Waals surface area contributed by atoms with Crippen LogP contribution in [-0.2, 0) is 11.3 Å². The summed E-state index contributed by atoms with van der Waals surface area (Å²) in [5.41, 5.74) is 2.25. The molecule has 2 aliphatic rings. The smallest absolute Gasteiger partial charge is 0.253 e. The highest BCUT2D eigenvalue weighted by atomic mass is 19.1. The first-order valence-electron chi connectivity index (χ1n) is 13.4. The number of likely N-dealkylation sites (N-methyl/N-ethyl adjacent to an activating group) is 1. The van der Waals surface area contributed by atoms with Crippen LogP contribution in [0.5, 0.6) is 0 Å². The van der Waals surface area contributed by atoms with Gasteiger partial charge in [-0.05, 0) is 49.5 Å². The number of carbonyl (C=O) groups is 1. The molecule has 2 saturated heterocycles. The molecule has 4 heterocycles. The van der Waals surface area contributed by atoms with Gasteiger partial charge in [0.15, 0.2) is 0 Å². The zero-order valence-corrected chi connectivity index (χ0v) is 22.3. The number of amides is 1. The highest BCUT2D eigenvalue weighted by Gasteiger charge is 2.21. The van der Waals surface area contributed by atoms with E-state index in [1.54, 1.807) is 35.2 Å². The van der Waals surface area contributed by atoms with E-state index in [1.165, 1.54) is 12.1 Å². The molecule has 0 spiro atoms. The number of aromatic nitrogens is 3. The monoisotopic (exact) mass is 547 g/mol. The topological polar surface area (TPSA) is 78.8 Å². The molecule has 0 unspecified atom stereocenters. The van der Waals surface area contributed by atoms with Gasteiger partial charge in [0.2, 0.25) is 5.95 Å². The van der Waals surface area contributed by atoms with Gasteiger partial charge in [-0.25, -0.2) is 13.8 Å². The number of anilines is 2. The second-order valence-corrected chi connectivity index (χ2v) is 10.2. The van der Waals surface area contributed by atoms with Gasteiger partial charge in [-0.3, -0.25) is 9.69 Å². The summed E-state index contributed by atoms with van der Waals surface area (Å²) >= 11 is 0. The Kier molecular flexibility index (Phi) is 7.42. The van der Waals surface area contributed by atoms with Crippen molar-refractivity contribution in [3.05, 3.63) is 77.6 Å². The number of benzene rings is 2. The van der Waals surface area contributed by atoms with Gasteiger partial charge in [-0.2, -0.15) is 4.98 Å². The minimum absolute atomic E-state index is 0.0191. The lowest BCUT2D eigenvalue weighted by Crippen LogP contribution is -2.47. The Bertz CT molecular complexity index is 1490. The second-order valence-electron chi connectivity index (χ2n) is 10.2. The van der Waals surface area contributed by atoms with Gasteiger partial charge in [0.25, 0.3) is 5.91 Å². The van der Waals surface area contributed by atoms with Crippen LogP contribution < -0.4 is 5.32 Å². The molecule has 0 atom stereocenters. The number of morpholine rings is 1. The Morgan fingerprint density at radius 1 is 0.975 bits per heavy atom. The fourth-order valence-electron chi connectivity index (χ4n) is 5.07. The molecule has 40 heavy (non-hydrogen) atoms. The third kappa shape index (κ3) is 5.53. The maximum Gasteiger partial charge on any atom is 0.253 e. The minimum Gasteiger partial charge on any atom is -0.379 e. The highest BCUT2D eigenvalue weighted by Crippen LogP contribution is 2.25. The molecule has 2 aromatic heterocycles. The molecular formula is C29H31F2N7O2. The van der Waals surface area contributed by atoms with Gasteiger partial charge < -0.3 is 24.4 Å². The summed E-state index contributed by atoms with van der Waals surface area (Å²) in [6.45, 7) is 5.77. The predicted molar refractivity (Wildman–Crippen MR) is 148 cm³/mol. The average Bonchev–Trinajstić information content (AvgIpc) is 3.39. The molecule has 0 radical (unpaired) electrons. The summed E-state index contributed by atoms with van der Waals surface area (Å²) in [4.78, 5) is 27.9. The van der Waals surface area contributed by atoms with Gasteiger partial charge in [0.1, 0.15) is 17.3 Å². The van der Waals surface area contributed by atoms with Crippen molar-refractivity contribution in [2.45, 2.75) is 6.54 Å². The van der Waals surface area contributed by atoms with Crippen LogP contribution in [0.25, 0.3) is 16.7 Å². The molecule has 0 saturated carbocycles. The first kappa shape index (κ1) is 26.3. The number of nitrogens with zero attached hydrogens (tertiary/aromatic N) is 6. The van der Waals surface area contributed by atoms with Crippen LogP contribution in [0.1, 0.15) is 15.9 Å². The molecule has 2 aliphatic heterocycles. The third-order valence-electron chi connectivity index (χ3n) is 7.50. The average molecular weight is 548 g/mol. The largest absolute Gasteiger partial charge is 0.379 e. The Morgan fingerprint density at radius 2 is 1.68 bits per heavy atom. The number of nitrogens with one attached hydrogen (secondary N) is 1. The van der Waals surface area contributed by atoms with Crippen molar-refractivity contribution in [1.29, 1.82) is 0 Å². The van der Waals surface area contributed by atoms with E-state index in [2.05, 4.69) is 27.2 Å². The molecule has 1 N–H and O–H groups in total. The van der Waals surface area contributed by atoms with Crippen LogP contribution in [0.15, 0.2) is 54.9 Å². The molecule has 4 aromatic rings. The van der Waals surface area contributed by atoms with Gasteiger partial charge in [0, 0.05) is 80.4 Å². The van der Waals surface area contributed by atoms with Gasteiger partial charge in [-0.1, -0.05) is 0 Å². The van der Waals surface area contributed by atoms with E-state index < -0.39 is 11.6 Å². The number of hydrogen-bond acceptors (Lipinski definition) is 7. The number of hydrogen-bond donors (Lipinski definition) is 1. The van der Waals surface area contributed by atoms with E-state index in [0.29, 0.717) is 62.2 Å². The number of rotatable bonds is 6. The first-order valence-corrected chi connectivity index (χ1v) is 13.4. The number of piperazine rings is 1. The molecule has 0 bridgehead atoms. The van der Waals surface area contributed by atoms with E-state index in [-0.39, 0.29) is 18.0 Å². The fourth-order valence-corrected chi connectivity index (χ4v) is 5.07. The Balaban J connectivity index is 1.19. The predicted octanol–water partition coefficient (Wildman–Crippen LogP) is 3.66. The van der Waals surface area contributed by atoms with E-state index in [9.17, 15) is 4.79 Å². The summed E-state index contributed by atoms with van der Waals surface area (Å²) in [5.74, 6) is -0.843. The van der Waals surface area contributed by atoms with E-state index >= 15 is 8.78 Å². The summed E-state index contributed by atoms with van der Waals surface area (Å²) in [5, 5.41) is 3.90. The van der Waals surface area contributed by atoms with Crippen LogP contribution in [-0.4, -0.2) is 94.7 Å². The van der Waals surface area contributed by atoms with Crippen molar-refractivity contribution >= 4 is 28.6 Å². The lowest BCUT2D eigenvalue weighted by atomic mass is 10.1. The van der Waals surface area contributed by atoms with Crippen molar-refractivity contribution in [3.8, 4) is 5.69 Å². The molecular weight excluding hydrogens is 516 g/mol. The van der Waals surface area contributed by atoms with Crippen LogP contribution >= 0.6 is 0 Å². The SMILES string of the molecule is CN1CCN(C(=O)c2ccc(Nc3ncc4ccn(-c5cc(F)c(CN6CCOCC6)c(F)c5)c4n3)cc2)CC1. The van der Waals surface area contributed by atoms with Gasteiger partial charge in [-0.15, -0.1) is 0 Å². The third-order valence-corrected chi connectivity index (χ3v) is 7.50. The van der Waals surface area contributed by atoms with E-state index in [1.807, 2.05) is 21.9 Å². The Morgan fingerprint density at radius 3 is 2.38 bits per heavy atom. The molecule has 6 rings (SSSR count). The summed E-state index contributed by atoms with van der Waals surface area (Å²) in [6.07, 6.45) is 3.38. The van der Waals surface area contributed by atoms with E-state index in [0.717, 1.165) is 24.2 Å². The molecule has 11 heteroatoms. The Hall–Kier alpha value is -3.93. The summed E-state index contributed by atoms with van der Waals surface area (Å²) in [6, 6.07) is 11.7. The Labute approximate surface area is 231 Å². The van der Waals surface area contributed by atoms with Crippen LogP contribution in [0.2, 0.25) is 0 Å². The number of halogens is 2. The van der Waals surface area contributed by atoms with Gasteiger partial charge in [0.05, 0.1) is 18.9 Å². The lowest BCUT2D eigenvalue weighted by molar-refractivity contribution is 0.0332. The van der Waals surface area contributed by atoms with Crippen LogP contribution in [0.4, 0.5) is 20.4 Å². The first-order chi connectivity index (χ1) is 19.4. The minimum atomic E-state index is -0.595. The standard InChI is InChI=1S/C29H31F2N7O2/c1-35-8-10-37(11-9-35)28(39)20-2-4-22(5-3-20)33-29-32-18-21-6-7-38(27(21)34-29)23-16-25(30)24(26(31)17-23)19-36-12-14-40-15-13-36/h2-7,16-18H,8-15,19H2,1H3,(H,32,33,34). The quantitative estimate of drug-likeness (QED) is 0.395. The number of fused-ring (bicyclic) bond motifs is 1. The number of carbonyl (C=O) groups excluding carboxylic acids is 1. The van der Waals surface area contributed by atoms with Gasteiger partial charge >= 0.3 is 0 Å². The van der Waals surface area contributed by atoms with Crippen molar-refractivity contribution < 1.29 is 18.3 Å². The maximum atomic E-state index is 15.1. The molecule has 1 amide bonds. The summed E-state index contributed by atoms with van der Waals surface area (Å²) < 4.78 is 37.1. The molecule has 208 valence electrons. The lowest BCUT2D eigenvalue weighted by Gasteiger charge is -2.32. The van der Waals surface area contributed by atoms with Crippen LogP contribution in [0.3, 0.4) is 0 Å². The fraction of sp³-hybridized carbons (Fsp3) is 0.345. The van der Waals surface area contributed by atoms with E-state index in [4.69, 9.17) is 4.74 Å². The molecule has 9 nitrogen and oxygen atoms in total. The van der Waals surface area contributed by atoms with Crippen molar-refractivity contribution in [1.82, 2.24) is 29.2 Å². The maximum absolute atomic E-state index is 15.1. The van der Waals surface area contributed by atoms with Crippen LogP contribution in [0, 0.1) is 11.6 Å². The van der Waals surface area contributed by atoms with Crippen molar-refractivity contribution in [2.24, 2.45) is 0 Å². The normalized spacial score (nSPS) is 16.9. The van der Waals surface area contributed by atoms with Crippen molar-refractivity contribution in [2.75, 3.05) is 64.8 Å². The molecule has 0 aliphatic carbocycles. The number of ether oxygens (including phenoxy) is 1. The van der Waals surface area contributed by atoms with Crippen molar-refractivity contribution in [3.63, 3.8) is 0 Å².